The lowest BCUT2D eigenvalue weighted by Gasteiger charge is -2.14. The van der Waals surface area contributed by atoms with Crippen LogP contribution in [0.15, 0.2) is 24.3 Å². The molecular weight excluding hydrogens is 395 g/mol. The van der Waals surface area contributed by atoms with Crippen molar-refractivity contribution >= 4 is 39.7 Å². The minimum absolute atomic E-state index is 0.0353. The Hall–Kier alpha value is -2.78. The molecule has 1 unspecified atom stereocenters. The molecule has 0 spiro atoms. The second-order valence-corrected chi connectivity index (χ2v) is 8.30. The summed E-state index contributed by atoms with van der Waals surface area (Å²) in [6, 6.07) is 5.61. The van der Waals surface area contributed by atoms with E-state index in [4.69, 9.17) is 5.73 Å². The van der Waals surface area contributed by atoms with Crippen molar-refractivity contribution in [1.82, 2.24) is 0 Å². The number of aryl methyl sites for hydroxylation is 1. The summed E-state index contributed by atoms with van der Waals surface area (Å²) in [4.78, 5) is 38.2. The number of carbonyl (C=O) groups excluding carboxylic acids is 3. The van der Waals surface area contributed by atoms with Crippen molar-refractivity contribution < 1.29 is 23.7 Å². The number of thiophene rings is 1. The summed E-state index contributed by atoms with van der Waals surface area (Å²) >= 11 is 1.41. The predicted molar refractivity (Wildman–Crippen MR) is 110 cm³/mol. The van der Waals surface area contributed by atoms with Gasteiger partial charge in [0.2, 0.25) is 0 Å². The Morgan fingerprint density at radius 3 is 2.52 bits per heavy atom. The molecule has 1 aromatic carbocycles. The van der Waals surface area contributed by atoms with Crippen molar-refractivity contribution in [3.05, 3.63) is 46.1 Å². The smallest absolute Gasteiger partial charge is 0.280 e. The molecule has 1 aliphatic rings. The predicted octanol–water partition coefficient (Wildman–Crippen LogP) is 0.957. The van der Waals surface area contributed by atoms with E-state index in [1.807, 2.05) is 0 Å². The number of likely N-dealkylation sites (N-methyl/N-ethyl adjacent to an activating group) is 1. The summed E-state index contributed by atoms with van der Waals surface area (Å²) in [5.41, 5.74) is 7.28. The van der Waals surface area contributed by atoms with Crippen LogP contribution in [0.1, 0.15) is 33.6 Å². The first kappa shape index (κ1) is 20.9. The summed E-state index contributed by atoms with van der Waals surface area (Å²) in [6.07, 6.45) is 3.75. The molecular formula is C20H24FN4O3S+. The second-order valence-electron chi connectivity index (χ2n) is 7.20. The van der Waals surface area contributed by atoms with Crippen LogP contribution >= 0.6 is 11.3 Å². The molecule has 9 heteroatoms. The molecule has 29 heavy (non-hydrogen) atoms. The number of halogens is 1. The van der Waals surface area contributed by atoms with Gasteiger partial charge in [0, 0.05) is 10.6 Å². The van der Waals surface area contributed by atoms with E-state index >= 15 is 0 Å². The first-order chi connectivity index (χ1) is 13.8. The number of primary amides is 1. The summed E-state index contributed by atoms with van der Waals surface area (Å²) in [5, 5.41) is 5.88. The van der Waals surface area contributed by atoms with Crippen LogP contribution in [-0.2, 0) is 22.4 Å². The maximum atomic E-state index is 13.2. The van der Waals surface area contributed by atoms with E-state index in [1.165, 1.54) is 29.5 Å². The summed E-state index contributed by atoms with van der Waals surface area (Å²) < 4.78 is 13.2. The highest BCUT2D eigenvalue weighted by Gasteiger charge is 2.25. The average Bonchev–Trinajstić information content (AvgIpc) is 2.98. The SMILES string of the molecule is C[NH+](CC(=O)Nc1cccc(F)c1)CC(=O)Nc1sc2c(c1C(N)=O)CCCC2. The van der Waals surface area contributed by atoms with E-state index in [0.717, 1.165) is 36.1 Å². The Kier molecular flexibility index (Phi) is 6.60. The van der Waals surface area contributed by atoms with Gasteiger partial charge < -0.3 is 21.3 Å². The molecule has 0 fully saturated rings. The molecule has 154 valence electrons. The van der Waals surface area contributed by atoms with Gasteiger partial charge in [0.15, 0.2) is 13.1 Å². The number of rotatable bonds is 7. The molecule has 0 saturated carbocycles. The van der Waals surface area contributed by atoms with Gasteiger partial charge >= 0.3 is 0 Å². The van der Waals surface area contributed by atoms with Crippen LogP contribution in [0.2, 0.25) is 0 Å². The normalized spacial score (nSPS) is 14.0. The fourth-order valence-electron chi connectivity index (χ4n) is 3.47. The largest absolute Gasteiger partial charge is 0.365 e. The van der Waals surface area contributed by atoms with Crippen LogP contribution in [0, 0.1) is 5.82 Å². The van der Waals surface area contributed by atoms with Crippen molar-refractivity contribution in [2.75, 3.05) is 30.8 Å². The van der Waals surface area contributed by atoms with Crippen LogP contribution in [0.5, 0.6) is 0 Å². The number of benzene rings is 1. The van der Waals surface area contributed by atoms with Gasteiger partial charge in [-0.3, -0.25) is 14.4 Å². The summed E-state index contributed by atoms with van der Waals surface area (Å²) in [5.74, 6) is -1.60. The third kappa shape index (κ3) is 5.39. The molecule has 1 aromatic heterocycles. The molecule has 7 nitrogen and oxygen atoms in total. The van der Waals surface area contributed by atoms with Gasteiger partial charge in [0.05, 0.1) is 12.6 Å². The average molecular weight is 420 g/mol. The zero-order chi connectivity index (χ0) is 21.0. The van der Waals surface area contributed by atoms with E-state index in [1.54, 1.807) is 13.1 Å². The summed E-state index contributed by atoms with van der Waals surface area (Å²) in [6.45, 7) is 0.0743. The topological polar surface area (TPSA) is 106 Å². The Labute approximate surface area is 172 Å². The standard InChI is InChI=1S/C20H23FN4O3S/c1-25(10-16(26)23-13-6-4-5-12(21)9-13)11-17(27)24-20-18(19(22)28)14-7-2-3-8-15(14)29-20/h4-6,9H,2-3,7-8,10-11H2,1H3,(H2,22,28)(H,23,26)(H,24,27)/p+1. The Bertz CT molecular complexity index is 944. The number of hydrogen-bond donors (Lipinski definition) is 4. The van der Waals surface area contributed by atoms with E-state index < -0.39 is 11.7 Å². The molecule has 1 aliphatic carbocycles. The molecule has 5 N–H and O–H groups in total. The van der Waals surface area contributed by atoms with Crippen LogP contribution in [0.25, 0.3) is 0 Å². The van der Waals surface area contributed by atoms with Crippen molar-refractivity contribution in [3.8, 4) is 0 Å². The monoisotopic (exact) mass is 419 g/mol. The van der Waals surface area contributed by atoms with E-state index in [2.05, 4.69) is 10.6 Å². The molecule has 1 heterocycles. The minimum Gasteiger partial charge on any atom is -0.365 e. The minimum atomic E-state index is -0.533. The molecule has 3 amide bonds. The number of amides is 3. The third-order valence-electron chi connectivity index (χ3n) is 4.70. The Morgan fingerprint density at radius 2 is 1.83 bits per heavy atom. The molecule has 0 radical (unpaired) electrons. The Balaban J connectivity index is 1.57. The maximum Gasteiger partial charge on any atom is 0.280 e. The number of hydrogen-bond acceptors (Lipinski definition) is 4. The zero-order valence-corrected chi connectivity index (χ0v) is 17.0. The van der Waals surface area contributed by atoms with Crippen molar-refractivity contribution in [3.63, 3.8) is 0 Å². The lowest BCUT2D eigenvalue weighted by Crippen LogP contribution is -3.11. The molecule has 2 aromatic rings. The van der Waals surface area contributed by atoms with Crippen LogP contribution in [0.4, 0.5) is 15.1 Å². The number of fused-ring (bicyclic) bond motifs is 1. The number of carbonyl (C=O) groups is 3. The van der Waals surface area contributed by atoms with Gasteiger partial charge in [-0.05, 0) is 49.4 Å². The number of nitrogens with one attached hydrogen (secondary N) is 3. The highest BCUT2D eigenvalue weighted by atomic mass is 32.1. The zero-order valence-electron chi connectivity index (χ0n) is 16.1. The summed E-state index contributed by atoms with van der Waals surface area (Å²) in [7, 11) is 1.71. The molecule has 3 rings (SSSR count). The maximum absolute atomic E-state index is 13.2. The van der Waals surface area contributed by atoms with Crippen LogP contribution in [0.3, 0.4) is 0 Å². The van der Waals surface area contributed by atoms with Gasteiger partial charge in [0.1, 0.15) is 10.8 Å². The van der Waals surface area contributed by atoms with Crippen molar-refractivity contribution in [2.45, 2.75) is 25.7 Å². The second kappa shape index (κ2) is 9.15. The third-order valence-corrected chi connectivity index (χ3v) is 5.91. The van der Waals surface area contributed by atoms with Crippen LogP contribution in [-0.4, -0.2) is 37.9 Å². The number of anilines is 2. The fraction of sp³-hybridized carbons (Fsp3) is 0.350. The lowest BCUT2D eigenvalue weighted by molar-refractivity contribution is -0.862. The number of nitrogens with two attached hydrogens (primary N) is 1. The van der Waals surface area contributed by atoms with Crippen LogP contribution < -0.4 is 21.3 Å². The van der Waals surface area contributed by atoms with Gasteiger partial charge in [-0.1, -0.05) is 6.07 Å². The van der Waals surface area contributed by atoms with E-state index in [0.29, 0.717) is 21.2 Å². The van der Waals surface area contributed by atoms with Gasteiger partial charge in [-0.25, -0.2) is 4.39 Å². The first-order valence-electron chi connectivity index (χ1n) is 9.44. The molecule has 0 aliphatic heterocycles. The van der Waals surface area contributed by atoms with Crippen molar-refractivity contribution in [2.24, 2.45) is 5.73 Å². The fourth-order valence-corrected chi connectivity index (χ4v) is 4.78. The van der Waals surface area contributed by atoms with Crippen molar-refractivity contribution in [1.29, 1.82) is 0 Å². The Morgan fingerprint density at radius 1 is 1.14 bits per heavy atom. The van der Waals surface area contributed by atoms with Gasteiger partial charge in [0.25, 0.3) is 17.7 Å². The molecule has 0 bridgehead atoms. The highest BCUT2D eigenvalue weighted by molar-refractivity contribution is 7.17. The number of quaternary nitrogens is 1. The van der Waals surface area contributed by atoms with E-state index in [-0.39, 0.29) is 24.9 Å². The molecule has 0 saturated heterocycles. The highest BCUT2D eigenvalue weighted by Crippen LogP contribution is 2.37. The first-order valence-corrected chi connectivity index (χ1v) is 10.3. The van der Waals surface area contributed by atoms with Gasteiger partial charge in [-0.15, -0.1) is 11.3 Å². The lowest BCUT2D eigenvalue weighted by atomic mass is 9.95. The van der Waals surface area contributed by atoms with Gasteiger partial charge in [-0.2, -0.15) is 0 Å². The quantitative estimate of drug-likeness (QED) is 0.537. The van der Waals surface area contributed by atoms with E-state index in [9.17, 15) is 18.8 Å². The molecule has 1 atom stereocenters.